The van der Waals surface area contributed by atoms with Crippen LogP contribution >= 0.6 is 0 Å². The molecule has 1 aliphatic carbocycles. The third-order valence-corrected chi connectivity index (χ3v) is 14.3. The van der Waals surface area contributed by atoms with Gasteiger partial charge < -0.3 is 13.9 Å². The van der Waals surface area contributed by atoms with Crippen LogP contribution in [0.15, 0.2) is 24.3 Å². The van der Waals surface area contributed by atoms with Crippen molar-refractivity contribution < 1.29 is 27.1 Å². The molecule has 2 aliphatic heterocycles. The van der Waals surface area contributed by atoms with Crippen molar-refractivity contribution in [2.24, 2.45) is 5.41 Å². The van der Waals surface area contributed by atoms with Crippen LogP contribution in [0.4, 0.5) is 13.2 Å². The first-order valence-corrected chi connectivity index (χ1v) is 17.9. The highest BCUT2D eigenvalue weighted by Crippen LogP contribution is 2.59. The Morgan fingerprint density at radius 1 is 1.00 bits per heavy atom. The highest BCUT2D eigenvalue weighted by molar-refractivity contribution is 6.74. The Morgan fingerprint density at radius 2 is 1.61 bits per heavy atom. The second-order valence-electron chi connectivity index (χ2n) is 14.9. The molecular weight excluding hydrogens is 543 g/mol. The van der Waals surface area contributed by atoms with Crippen LogP contribution in [0, 0.1) is 5.41 Å². The molecule has 1 saturated heterocycles. The fourth-order valence-corrected chi connectivity index (χ4v) is 7.88. The van der Waals surface area contributed by atoms with Crippen LogP contribution in [-0.4, -0.2) is 26.5 Å². The molecule has 0 saturated carbocycles. The van der Waals surface area contributed by atoms with E-state index in [-0.39, 0.29) is 22.5 Å². The van der Waals surface area contributed by atoms with E-state index in [9.17, 15) is 13.2 Å². The van der Waals surface area contributed by atoms with E-state index in [1.54, 1.807) is 12.1 Å². The summed E-state index contributed by atoms with van der Waals surface area (Å²) >= 11 is 0. The predicted octanol–water partition coefficient (Wildman–Crippen LogP) is 9.38. The molecule has 1 fully saturated rings. The van der Waals surface area contributed by atoms with Gasteiger partial charge in [-0.25, -0.2) is 0 Å². The third-order valence-electron chi connectivity index (χ3n) is 9.78. The van der Waals surface area contributed by atoms with Crippen molar-refractivity contribution in [2.75, 3.05) is 13.2 Å². The number of alkyl halides is 3. The standard InChI is InChI=1S/C33H46F3NO3Si/c1-20(2)28-26-27(25-23(37-28)18-31(6,7)19-24(25)40-41(8,9)30(3,4)5)32(14-16-38-17-15-32)39-29(26)21-10-12-22(13-11-21)33(34,35)36/h10-13,20,24,29H,14-19H2,1-9H3/q-1/t24-,29+/m0/s1. The Bertz CT molecular complexity index is 1290. The van der Waals surface area contributed by atoms with Gasteiger partial charge in [-0.05, 0) is 55.8 Å². The Hall–Kier alpha value is -1.74. The van der Waals surface area contributed by atoms with Gasteiger partial charge in [0.1, 0.15) is 6.10 Å². The minimum absolute atomic E-state index is 0.0185. The molecule has 0 bridgehead atoms. The molecule has 0 N–H and O–H groups in total. The lowest BCUT2D eigenvalue weighted by atomic mass is 9.70. The van der Waals surface area contributed by atoms with Crippen molar-refractivity contribution in [3.63, 3.8) is 0 Å². The first kappa shape index (κ1) is 30.7. The summed E-state index contributed by atoms with van der Waals surface area (Å²) in [5, 5.41) is 0.0405. The van der Waals surface area contributed by atoms with Gasteiger partial charge in [0.05, 0.1) is 11.2 Å². The van der Waals surface area contributed by atoms with E-state index < -0.39 is 31.8 Å². The van der Waals surface area contributed by atoms with Gasteiger partial charge in [-0.15, -0.1) is 18.1 Å². The SMILES string of the molecule is CC(C)c1nc2c(c3c1[C@@H](c1ccc(C(F)(F)F)cc1)OC31CCOCC1)[C@@H](O[Si-](C)(C)C(C)(C)C)CC(C)(C)C2. The van der Waals surface area contributed by atoms with E-state index in [1.807, 2.05) is 0 Å². The quantitative estimate of drug-likeness (QED) is 0.333. The van der Waals surface area contributed by atoms with Crippen molar-refractivity contribution in [3.8, 4) is 0 Å². The molecule has 4 nitrogen and oxygen atoms in total. The number of hydrogen-bond acceptors (Lipinski definition) is 4. The molecule has 8 heteroatoms. The topological polar surface area (TPSA) is 40.6 Å². The monoisotopic (exact) mass is 589 g/mol. The number of hydrogen-bond donors (Lipinski definition) is 0. The lowest BCUT2D eigenvalue weighted by Crippen LogP contribution is -2.45. The zero-order valence-corrected chi connectivity index (χ0v) is 27.1. The molecule has 0 radical (unpaired) electrons. The maximum absolute atomic E-state index is 13.4. The van der Waals surface area contributed by atoms with Gasteiger partial charge >= 0.3 is 6.18 Å². The molecule has 3 aliphatic rings. The molecule has 0 unspecified atom stereocenters. The average Bonchev–Trinajstić information content (AvgIpc) is 3.15. The summed E-state index contributed by atoms with van der Waals surface area (Å²) in [5.74, 6) is 0.120. The summed E-state index contributed by atoms with van der Waals surface area (Å²) in [6.45, 7) is 21.4. The van der Waals surface area contributed by atoms with Crippen LogP contribution in [0.3, 0.4) is 0 Å². The van der Waals surface area contributed by atoms with Crippen molar-refractivity contribution >= 4 is 8.32 Å². The Labute approximate surface area is 244 Å². The minimum atomic E-state index is -4.39. The number of nitrogens with zero attached hydrogens (tertiary/aromatic N) is 1. The number of halogens is 3. The summed E-state index contributed by atoms with van der Waals surface area (Å²) in [4.78, 5) is 5.38. The van der Waals surface area contributed by atoms with Gasteiger partial charge in [0, 0.05) is 54.7 Å². The molecule has 3 heterocycles. The fourth-order valence-electron chi connectivity index (χ4n) is 6.62. The number of pyridine rings is 1. The molecule has 1 aromatic carbocycles. The maximum atomic E-state index is 13.4. The molecule has 2 atom stereocenters. The van der Waals surface area contributed by atoms with Crippen LogP contribution in [0.2, 0.25) is 18.1 Å². The normalized spacial score (nSPS) is 24.0. The van der Waals surface area contributed by atoms with E-state index in [0.717, 1.165) is 35.4 Å². The van der Waals surface area contributed by atoms with Crippen molar-refractivity contribution in [1.29, 1.82) is 0 Å². The Kier molecular flexibility index (Phi) is 7.62. The summed E-state index contributed by atoms with van der Waals surface area (Å²) in [6.07, 6.45) is -1.87. The summed E-state index contributed by atoms with van der Waals surface area (Å²) in [7, 11) is -2.16. The summed E-state index contributed by atoms with van der Waals surface area (Å²) < 4.78 is 60.5. The van der Waals surface area contributed by atoms with Gasteiger partial charge in [-0.1, -0.05) is 60.6 Å². The molecule has 1 aromatic heterocycles. The van der Waals surface area contributed by atoms with Crippen LogP contribution < -0.4 is 0 Å². The molecule has 5 rings (SSSR count). The van der Waals surface area contributed by atoms with Gasteiger partial charge in [-0.3, -0.25) is 4.98 Å². The summed E-state index contributed by atoms with van der Waals surface area (Å²) in [6, 6.07) is 5.48. The highest BCUT2D eigenvalue weighted by Gasteiger charge is 2.52. The molecular formula is C33H46F3NO3Si-. The largest absolute Gasteiger partial charge is 0.559 e. The third kappa shape index (κ3) is 5.54. The Balaban J connectivity index is 1.76. The number of ether oxygens (including phenoxy) is 2. The first-order valence-electron chi connectivity index (χ1n) is 15.0. The molecule has 41 heavy (non-hydrogen) atoms. The van der Waals surface area contributed by atoms with Gasteiger partial charge in [0.25, 0.3) is 0 Å². The number of benzene rings is 1. The average molecular weight is 590 g/mol. The number of rotatable bonds is 4. The molecule has 1 spiro atoms. The van der Waals surface area contributed by atoms with E-state index in [4.69, 9.17) is 18.9 Å². The highest BCUT2D eigenvalue weighted by atomic mass is 28.4. The maximum Gasteiger partial charge on any atom is 0.416 e. The second kappa shape index (κ2) is 10.2. The van der Waals surface area contributed by atoms with Crippen molar-refractivity contribution in [2.45, 2.75) is 122 Å². The van der Waals surface area contributed by atoms with Gasteiger partial charge in [0.15, 0.2) is 0 Å². The minimum Gasteiger partial charge on any atom is -0.559 e. The fraction of sp³-hybridized carbons (Fsp3) is 0.667. The summed E-state index contributed by atoms with van der Waals surface area (Å²) in [5.41, 5.74) is 4.96. The lowest BCUT2D eigenvalue weighted by molar-refractivity contribution is -0.137. The van der Waals surface area contributed by atoms with Crippen LogP contribution in [0.25, 0.3) is 0 Å². The molecule has 227 valence electrons. The molecule has 2 aromatic rings. The van der Waals surface area contributed by atoms with Crippen LogP contribution in [-0.2, 0) is 32.1 Å². The first-order chi connectivity index (χ1) is 18.9. The van der Waals surface area contributed by atoms with E-state index in [0.29, 0.717) is 26.1 Å². The van der Waals surface area contributed by atoms with E-state index in [2.05, 4.69) is 61.6 Å². The number of fused-ring (bicyclic) bond motifs is 4. The molecule has 0 amide bonds. The van der Waals surface area contributed by atoms with Crippen LogP contribution in [0.5, 0.6) is 0 Å². The van der Waals surface area contributed by atoms with E-state index in [1.165, 1.54) is 23.3 Å². The number of aromatic nitrogens is 1. The Morgan fingerprint density at radius 3 is 2.15 bits per heavy atom. The zero-order chi connectivity index (χ0) is 30.2. The van der Waals surface area contributed by atoms with Crippen molar-refractivity contribution in [3.05, 3.63) is 63.5 Å². The second-order valence-corrected chi connectivity index (χ2v) is 19.7. The van der Waals surface area contributed by atoms with Gasteiger partial charge in [0.2, 0.25) is 0 Å². The van der Waals surface area contributed by atoms with Crippen molar-refractivity contribution in [1.82, 2.24) is 4.98 Å². The predicted molar refractivity (Wildman–Crippen MR) is 158 cm³/mol. The smallest absolute Gasteiger partial charge is 0.416 e. The van der Waals surface area contributed by atoms with Gasteiger partial charge in [-0.2, -0.15) is 13.2 Å². The lowest BCUT2D eigenvalue weighted by Gasteiger charge is -2.53. The van der Waals surface area contributed by atoms with Crippen LogP contribution in [0.1, 0.15) is 125 Å². The zero-order valence-electron chi connectivity index (χ0n) is 26.1. The van der Waals surface area contributed by atoms with E-state index >= 15 is 0 Å².